The first-order valence-corrected chi connectivity index (χ1v) is 9.94. The molecule has 7 heteroatoms. The second kappa shape index (κ2) is 8.78. The van der Waals surface area contributed by atoms with E-state index in [4.69, 9.17) is 9.47 Å². The number of ketones is 1. The fraction of sp³-hybridized carbons (Fsp3) is 0.500. The lowest BCUT2D eigenvalue weighted by Gasteiger charge is -2.32. The summed E-state index contributed by atoms with van der Waals surface area (Å²) < 4.78 is 10.5. The van der Waals surface area contributed by atoms with Crippen molar-refractivity contribution < 1.29 is 19.1 Å². The highest BCUT2D eigenvalue weighted by Gasteiger charge is 2.25. The minimum absolute atomic E-state index is 0.0369. The highest BCUT2D eigenvalue weighted by atomic mass is 16.6. The van der Waals surface area contributed by atoms with Crippen LogP contribution < -0.4 is 10.1 Å². The fourth-order valence-corrected chi connectivity index (χ4v) is 3.47. The molecule has 1 aliphatic heterocycles. The fourth-order valence-electron chi connectivity index (χ4n) is 3.47. The lowest BCUT2D eigenvalue weighted by molar-refractivity contribution is 0.0476. The molecule has 1 aromatic heterocycles. The number of likely N-dealkylation sites (tertiary alicyclic amines) is 1. The number of para-hydroxylation sites is 1. The van der Waals surface area contributed by atoms with Gasteiger partial charge >= 0.3 is 6.09 Å². The van der Waals surface area contributed by atoms with Crippen molar-refractivity contribution in [3.8, 4) is 5.88 Å². The van der Waals surface area contributed by atoms with Gasteiger partial charge < -0.3 is 14.8 Å². The number of carbonyl (C=O) groups is 2. The maximum absolute atomic E-state index is 12.9. The molecule has 0 spiro atoms. The van der Waals surface area contributed by atoms with Crippen LogP contribution in [0.2, 0.25) is 0 Å². The van der Waals surface area contributed by atoms with Crippen molar-refractivity contribution in [3.05, 3.63) is 35.9 Å². The number of nitrogens with zero attached hydrogens (tertiary/aromatic N) is 2. The molecule has 1 fully saturated rings. The minimum atomic E-state index is -0.508. The predicted octanol–water partition coefficient (Wildman–Crippen LogP) is 3.42. The molecular weight excluding hydrogens is 370 g/mol. The van der Waals surface area contributed by atoms with Crippen molar-refractivity contribution in [2.75, 3.05) is 26.7 Å². The Balaban J connectivity index is 1.58. The van der Waals surface area contributed by atoms with Crippen LogP contribution >= 0.6 is 0 Å². The van der Waals surface area contributed by atoms with Crippen LogP contribution in [0, 0.1) is 0 Å². The summed E-state index contributed by atoms with van der Waals surface area (Å²) in [6.07, 6.45) is 1.19. The van der Waals surface area contributed by atoms with Gasteiger partial charge in [-0.1, -0.05) is 12.1 Å². The predicted molar refractivity (Wildman–Crippen MR) is 111 cm³/mol. The largest absolute Gasteiger partial charge is 0.481 e. The van der Waals surface area contributed by atoms with E-state index in [1.165, 1.54) is 0 Å². The molecule has 1 aliphatic rings. The van der Waals surface area contributed by atoms with Crippen molar-refractivity contribution >= 4 is 22.8 Å². The van der Waals surface area contributed by atoms with Crippen molar-refractivity contribution in [2.45, 2.75) is 45.3 Å². The Morgan fingerprint density at radius 1 is 1.17 bits per heavy atom. The summed E-state index contributed by atoms with van der Waals surface area (Å²) in [5.41, 5.74) is 0.764. The Kier molecular flexibility index (Phi) is 6.37. The van der Waals surface area contributed by atoms with E-state index in [9.17, 15) is 9.59 Å². The van der Waals surface area contributed by atoms with E-state index >= 15 is 0 Å². The quantitative estimate of drug-likeness (QED) is 0.776. The molecule has 2 heterocycles. The lowest BCUT2D eigenvalue weighted by Crippen LogP contribution is -2.47. The molecule has 1 saturated heterocycles. The third-order valence-electron chi connectivity index (χ3n) is 4.88. The van der Waals surface area contributed by atoms with Crippen LogP contribution in [-0.4, -0.2) is 60.1 Å². The summed E-state index contributed by atoms with van der Waals surface area (Å²) >= 11 is 0. The molecule has 3 rings (SSSR count). The molecule has 7 nitrogen and oxygen atoms in total. The number of ether oxygens (including phenoxy) is 2. The Hall–Kier alpha value is -2.67. The maximum Gasteiger partial charge on any atom is 0.407 e. The van der Waals surface area contributed by atoms with Crippen LogP contribution in [0.3, 0.4) is 0 Å². The van der Waals surface area contributed by atoms with Gasteiger partial charge in [-0.3, -0.25) is 9.69 Å². The molecule has 0 saturated carbocycles. The number of hydrogen-bond acceptors (Lipinski definition) is 6. The zero-order valence-corrected chi connectivity index (χ0v) is 17.5. The number of fused-ring (bicyclic) bond motifs is 1. The molecule has 0 aliphatic carbocycles. The van der Waals surface area contributed by atoms with Gasteiger partial charge in [0.2, 0.25) is 5.88 Å². The molecule has 0 unspecified atom stereocenters. The Morgan fingerprint density at radius 3 is 2.55 bits per heavy atom. The Labute approximate surface area is 171 Å². The number of methoxy groups -OCH3 is 1. The van der Waals surface area contributed by atoms with Crippen LogP contribution in [-0.2, 0) is 4.74 Å². The van der Waals surface area contributed by atoms with Gasteiger partial charge in [0.05, 0.1) is 19.2 Å². The van der Waals surface area contributed by atoms with Crippen LogP contribution in [0.25, 0.3) is 10.9 Å². The number of aromatic nitrogens is 1. The average Bonchev–Trinajstić information content (AvgIpc) is 2.67. The number of piperidine rings is 1. The summed E-state index contributed by atoms with van der Waals surface area (Å²) in [5, 5.41) is 3.83. The molecule has 0 atom stereocenters. The first-order valence-electron chi connectivity index (χ1n) is 9.94. The SMILES string of the molecule is COc1ccc2cccc(C(=O)CN3CCC(NC(=O)OC(C)(C)C)CC3)c2n1. The van der Waals surface area contributed by atoms with E-state index in [1.807, 2.05) is 45.0 Å². The normalized spacial score (nSPS) is 15.9. The zero-order valence-electron chi connectivity index (χ0n) is 17.5. The summed E-state index contributed by atoms with van der Waals surface area (Å²) in [7, 11) is 1.56. The lowest BCUT2D eigenvalue weighted by atomic mass is 10.0. The van der Waals surface area contributed by atoms with Gasteiger partial charge in [-0.2, -0.15) is 0 Å². The monoisotopic (exact) mass is 399 g/mol. The number of nitrogens with one attached hydrogen (secondary N) is 1. The van der Waals surface area contributed by atoms with Crippen molar-refractivity contribution in [1.82, 2.24) is 15.2 Å². The number of benzene rings is 1. The Bertz CT molecular complexity index is 883. The topological polar surface area (TPSA) is 80.8 Å². The summed E-state index contributed by atoms with van der Waals surface area (Å²) in [6.45, 7) is 7.36. The van der Waals surface area contributed by atoms with Crippen molar-refractivity contribution in [1.29, 1.82) is 0 Å². The van der Waals surface area contributed by atoms with Crippen molar-refractivity contribution in [2.24, 2.45) is 0 Å². The first kappa shape index (κ1) is 21.0. The second-order valence-electron chi connectivity index (χ2n) is 8.35. The molecule has 1 amide bonds. The smallest absolute Gasteiger partial charge is 0.407 e. The number of Topliss-reactive ketones (excluding diaryl/α,β-unsaturated/α-hetero) is 1. The Morgan fingerprint density at radius 2 is 1.90 bits per heavy atom. The third-order valence-corrected chi connectivity index (χ3v) is 4.88. The second-order valence-corrected chi connectivity index (χ2v) is 8.35. The molecular formula is C22H29N3O4. The summed E-state index contributed by atoms with van der Waals surface area (Å²) in [5.74, 6) is 0.529. The maximum atomic E-state index is 12.9. The number of hydrogen-bond donors (Lipinski definition) is 1. The van der Waals surface area contributed by atoms with Crippen molar-refractivity contribution in [3.63, 3.8) is 0 Å². The van der Waals surface area contributed by atoms with Gasteiger partial charge in [0.1, 0.15) is 5.60 Å². The van der Waals surface area contributed by atoms with Gasteiger partial charge in [-0.25, -0.2) is 9.78 Å². The molecule has 0 radical (unpaired) electrons. The first-order chi connectivity index (χ1) is 13.7. The zero-order chi connectivity index (χ0) is 21.0. The van der Waals surface area contributed by atoms with E-state index in [0.29, 0.717) is 23.5 Å². The molecule has 156 valence electrons. The molecule has 2 aromatic rings. The van der Waals surface area contributed by atoms with E-state index in [1.54, 1.807) is 13.2 Å². The molecule has 1 N–H and O–H groups in total. The van der Waals surface area contributed by atoms with E-state index in [-0.39, 0.29) is 17.9 Å². The number of amides is 1. The third kappa shape index (κ3) is 5.67. The van der Waals surface area contributed by atoms with Gasteiger partial charge in [0.15, 0.2) is 5.78 Å². The van der Waals surface area contributed by atoms with Crippen LogP contribution in [0.5, 0.6) is 5.88 Å². The van der Waals surface area contributed by atoms with Crippen LogP contribution in [0.4, 0.5) is 4.79 Å². The van der Waals surface area contributed by atoms with Crippen LogP contribution in [0.15, 0.2) is 30.3 Å². The van der Waals surface area contributed by atoms with E-state index in [2.05, 4.69) is 15.2 Å². The number of alkyl carbamates (subject to hydrolysis) is 1. The van der Waals surface area contributed by atoms with Crippen LogP contribution in [0.1, 0.15) is 44.0 Å². The number of rotatable bonds is 5. The number of carbonyl (C=O) groups excluding carboxylic acids is 2. The summed E-state index contributed by atoms with van der Waals surface area (Å²) in [4.78, 5) is 31.4. The molecule has 1 aromatic carbocycles. The van der Waals surface area contributed by atoms with E-state index < -0.39 is 5.60 Å². The molecule has 0 bridgehead atoms. The van der Waals surface area contributed by atoms with Gasteiger partial charge in [0, 0.05) is 36.1 Å². The number of pyridine rings is 1. The van der Waals surface area contributed by atoms with E-state index in [0.717, 1.165) is 31.3 Å². The molecule has 29 heavy (non-hydrogen) atoms. The van der Waals surface area contributed by atoms with Gasteiger partial charge in [-0.05, 0) is 45.7 Å². The summed E-state index contributed by atoms with van der Waals surface area (Å²) in [6, 6.07) is 9.39. The van der Waals surface area contributed by atoms with Gasteiger partial charge in [-0.15, -0.1) is 0 Å². The minimum Gasteiger partial charge on any atom is -0.481 e. The highest BCUT2D eigenvalue weighted by Crippen LogP contribution is 2.21. The standard InChI is InChI=1S/C22H29N3O4/c1-22(2,3)29-21(27)23-16-10-12-25(13-11-16)14-18(26)17-7-5-6-15-8-9-19(28-4)24-20(15)17/h5-9,16H,10-14H2,1-4H3,(H,23,27). The highest BCUT2D eigenvalue weighted by molar-refractivity contribution is 6.07. The average molecular weight is 399 g/mol. The van der Waals surface area contributed by atoms with Gasteiger partial charge in [0.25, 0.3) is 0 Å².